The van der Waals surface area contributed by atoms with Gasteiger partial charge in [0.2, 0.25) is 0 Å². The van der Waals surface area contributed by atoms with Crippen molar-refractivity contribution in [3.05, 3.63) is 29.3 Å². The zero-order chi connectivity index (χ0) is 18.8. The highest BCUT2D eigenvalue weighted by molar-refractivity contribution is 7.18. The zero-order valence-corrected chi connectivity index (χ0v) is 16.6. The molecule has 7 heteroatoms. The summed E-state index contributed by atoms with van der Waals surface area (Å²) in [5, 5.41) is 4.12. The Kier molecular flexibility index (Phi) is 5.41. The number of quaternary nitrogens is 1. The molecule has 27 heavy (non-hydrogen) atoms. The van der Waals surface area contributed by atoms with Crippen LogP contribution < -0.4 is 10.2 Å². The molecule has 1 saturated heterocycles. The predicted molar refractivity (Wildman–Crippen MR) is 106 cm³/mol. The first-order valence-corrected chi connectivity index (χ1v) is 10.6. The number of thiazole rings is 1. The Morgan fingerprint density at radius 3 is 2.85 bits per heavy atom. The average molecular weight is 388 g/mol. The maximum absolute atomic E-state index is 12.7. The number of likely N-dealkylation sites (tertiary alicyclic amines) is 1. The summed E-state index contributed by atoms with van der Waals surface area (Å²) in [6.45, 7) is 2.27. The molecule has 1 aliphatic carbocycles. The van der Waals surface area contributed by atoms with Crippen molar-refractivity contribution in [3.8, 4) is 0 Å². The first-order valence-electron chi connectivity index (χ1n) is 9.82. The van der Waals surface area contributed by atoms with Crippen LogP contribution in [0, 0.1) is 0 Å². The van der Waals surface area contributed by atoms with Crippen molar-refractivity contribution in [1.82, 2.24) is 15.2 Å². The number of nitrogens with zero attached hydrogens (tertiary/aromatic N) is 2. The SMILES string of the molecule is C[NH+](CC(=O)NC1CC1)CC(=O)N1CCC[C@@H](c2nc3ccccc3s2)C1. The Bertz CT molecular complexity index is 799. The molecule has 0 spiro atoms. The molecule has 6 nitrogen and oxygen atoms in total. The van der Waals surface area contributed by atoms with E-state index in [2.05, 4.69) is 11.4 Å². The Morgan fingerprint density at radius 1 is 1.26 bits per heavy atom. The molecule has 144 valence electrons. The number of hydrogen-bond acceptors (Lipinski definition) is 4. The summed E-state index contributed by atoms with van der Waals surface area (Å²) in [4.78, 5) is 32.3. The van der Waals surface area contributed by atoms with E-state index in [1.807, 2.05) is 30.1 Å². The lowest BCUT2D eigenvalue weighted by atomic mass is 9.98. The van der Waals surface area contributed by atoms with Crippen LogP contribution in [0.15, 0.2) is 24.3 Å². The predicted octanol–water partition coefficient (Wildman–Crippen LogP) is 0.796. The van der Waals surface area contributed by atoms with Gasteiger partial charge in [-0.15, -0.1) is 11.3 Å². The van der Waals surface area contributed by atoms with E-state index in [0.717, 1.165) is 54.2 Å². The Morgan fingerprint density at radius 2 is 2.07 bits per heavy atom. The molecule has 2 N–H and O–H groups in total. The van der Waals surface area contributed by atoms with Gasteiger partial charge in [0.25, 0.3) is 11.8 Å². The lowest BCUT2D eigenvalue weighted by Gasteiger charge is -2.32. The van der Waals surface area contributed by atoms with Gasteiger partial charge in [-0.3, -0.25) is 9.59 Å². The van der Waals surface area contributed by atoms with Gasteiger partial charge in [0.1, 0.15) is 0 Å². The lowest BCUT2D eigenvalue weighted by Crippen LogP contribution is -3.11. The summed E-state index contributed by atoms with van der Waals surface area (Å²) in [7, 11) is 1.92. The molecule has 1 aromatic heterocycles. The number of benzene rings is 1. The third-order valence-corrected chi connectivity index (χ3v) is 6.49. The van der Waals surface area contributed by atoms with Gasteiger partial charge in [0.15, 0.2) is 13.1 Å². The van der Waals surface area contributed by atoms with Crippen molar-refractivity contribution >= 4 is 33.4 Å². The van der Waals surface area contributed by atoms with Crippen molar-refractivity contribution in [1.29, 1.82) is 0 Å². The van der Waals surface area contributed by atoms with Gasteiger partial charge in [-0.2, -0.15) is 0 Å². The topological polar surface area (TPSA) is 66.7 Å². The van der Waals surface area contributed by atoms with E-state index in [1.165, 1.54) is 4.70 Å². The van der Waals surface area contributed by atoms with E-state index in [0.29, 0.717) is 25.0 Å². The van der Waals surface area contributed by atoms with Gasteiger partial charge in [-0.05, 0) is 37.8 Å². The third-order valence-electron chi connectivity index (χ3n) is 5.29. The number of aromatic nitrogens is 1. The highest BCUT2D eigenvalue weighted by atomic mass is 32.1. The van der Waals surface area contributed by atoms with Crippen LogP contribution in [0.25, 0.3) is 10.2 Å². The minimum atomic E-state index is 0.0498. The number of piperidine rings is 1. The van der Waals surface area contributed by atoms with Crippen LogP contribution in [0.5, 0.6) is 0 Å². The van der Waals surface area contributed by atoms with Crippen LogP contribution in [0.4, 0.5) is 0 Å². The van der Waals surface area contributed by atoms with Gasteiger partial charge in [-0.25, -0.2) is 4.98 Å². The second kappa shape index (κ2) is 7.94. The van der Waals surface area contributed by atoms with Crippen LogP contribution >= 0.6 is 11.3 Å². The molecule has 0 radical (unpaired) electrons. The lowest BCUT2D eigenvalue weighted by molar-refractivity contribution is -0.863. The van der Waals surface area contributed by atoms with Crippen LogP contribution in [-0.4, -0.2) is 61.0 Å². The summed E-state index contributed by atoms with van der Waals surface area (Å²) in [5.41, 5.74) is 1.05. The first kappa shape index (κ1) is 18.4. The summed E-state index contributed by atoms with van der Waals surface area (Å²) < 4.78 is 1.21. The molecular weight excluding hydrogens is 360 g/mol. The Hall–Kier alpha value is -1.99. The molecule has 2 fully saturated rings. The summed E-state index contributed by atoms with van der Waals surface area (Å²) >= 11 is 1.74. The van der Waals surface area contributed by atoms with E-state index in [-0.39, 0.29) is 11.8 Å². The van der Waals surface area contributed by atoms with Gasteiger partial charge in [0, 0.05) is 25.0 Å². The maximum atomic E-state index is 12.7. The molecule has 1 aliphatic heterocycles. The van der Waals surface area contributed by atoms with Crippen molar-refractivity contribution in [2.75, 3.05) is 33.2 Å². The standard InChI is InChI=1S/C20H26N4O2S/c1-23(12-18(25)21-15-8-9-15)13-19(26)24-10-4-5-14(11-24)20-22-16-6-2-3-7-17(16)27-20/h2-3,6-7,14-15H,4-5,8-13H2,1H3,(H,21,25)/p+1/t14-/m1/s1. The highest BCUT2D eigenvalue weighted by Gasteiger charge is 2.29. The van der Waals surface area contributed by atoms with E-state index in [4.69, 9.17) is 4.98 Å². The number of hydrogen-bond donors (Lipinski definition) is 2. The third kappa shape index (κ3) is 4.65. The molecule has 2 heterocycles. The van der Waals surface area contributed by atoms with E-state index >= 15 is 0 Å². The molecule has 2 aromatic rings. The molecule has 1 unspecified atom stereocenters. The first-order chi connectivity index (χ1) is 13.1. The fourth-order valence-electron chi connectivity index (χ4n) is 3.68. The second-order valence-electron chi connectivity index (χ2n) is 7.85. The molecule has 1 saturated carbocycles. The van der Waals surface area contributed by atoms with Crippen LogP contribution in [0.2, 0.25) is 0 Å². The van der Waals surface area contributed by atoms with E-state index < -0.39 is 0 Å². The minimum absolute atomic E-state index is 0.0498. The molecule has 2 amide bonds. The molecule has 1 aromatic carbocycles. The van der Waals surface area contributed by atoms with Gasteiger partial charge < -0.3 is 15.1 Å². The Labute approximate surface area is 163 Å². The number of carbonyl (C=O) groups excluding carboxylic acids is 2. The molecule has 2 atom stereocenters. The van der Waals surface area contributed by atoms with E-state index in [1.54, 1.807) is 11.3 Å². The van der Waals surface area contributed by atoms with E-state index in [9.17, 15) is 9.59 Å². The van der Waals surface area contributed by atoms with Crippen molar-refractivity contribution in [3.63, 3.8) is 0 Å². The second-order valence-corrected chi connectivity index (χ2v) is 8.91. The number of carbonyl (C=O) groups is 2. The minimum Gasteiger partial charge on any atom is -0.348 e. The van der Waals surface area contributed by atoms with Crippen molar-refractivity contribution in [2.45, 2.75) is 37.6 Å². The maximum Gasteiger partial charge on any atom is 0.277 e. The largest absolute Gasteiger partial charge is 0.348 e. The van der Waals surface area contributed by atoms with Crippen LogP contribution in [-0.2, 0) is 9.59 Å². The van der Waals surface area contributed by atoms with Gasteiger partial charge in [-0.1, -0.05) is 12.1 Å². The normalized spacial score (nSPS) is 21.2. The average Bonchev–Trinajstić information content (AvgIpc) is 3.35. The summed E-state index contributed by atoms with van der Waals surface area (Å²) in [6.07, 6.45) is 4.26. The number of fused-ring (bicyclic) bond motifs is 1. The fourth-order valence-corrected chi connectivity index (χ4v) is 4.78. The van der Waals surface area contributed by atoms with Crippen LogP contribution in [0.1, 0.15) is 36.6 Å². The summed E-state index contributed by atoms with van der Waals surface area (Å²) in [6, 6.07) is 8.58. The Balaban J connectivity index is 1.32. The van der Waals surface area contributed by atoms with Crippen molar-refractivity contribution < 1.29 is 14.5 Å². The monoisotopic (exact) mass is 387 g/mol. The van der Waals surface area contributed by atoms with Gasteiger partial charge >= 0.3 is 0 Å². The molecular formula is C20H27N4O2S+. The summed E-state index contributed by atoms with van der Waals surface area (Å²) in [5.74, 6) is 0.505. The fraction of sp³-hybridized carbons (Fsp3) is 0.550. The number of para-hydroxylation sites is 1. The highest BCUT2D eigenvalue weighted by Crippen LogP contribution is 2.32. The number of nitrogens with one attached hydrogen (secondary N) is 2. The smallest absolute Gasteiger partial charge is 0.277 e. The molecule has 2 aliphatic rings. The number of likely N-dealkylation sites (N-methyl/N-ethyl adjacent to an activating group) is 1. The van der Waals surface area contributed by atoms with Gasteiger partial charge in [0.05, 0.1) is 22.3 Å². The molecule has 4 rings (SSSR count). The zero-order valence-electron chi connectivity index (χ0n) is 15.7. The molecule has 0 bridgehead atoms. The number of rotatable bonds is 6. The quantitative estimate of drug-likeness (QED) is 0.770. The van der Waals surface area contributed by atoms with Crippen LogP contribution in [0.3, 0.4) is 0 Å². The van der Waals surface area contributed by atoms with Crippen molar-refractivity contribution in [2.24, 2.45) is 0 Å². The number of amides is 2.